The fraction of sp³-hybridized carbons (Fsp3) is 0.440. The van der Waals surface area contributed by atoms with Crippen LogP contribution in [-0.2, 0) is 11.3 Å². The lowest BCUT2D eigenvalue weighted by atomic mass is 9.96. The first-order valence-electron chi connectivity index (χ1n) is 11.8. The number of hydrogen-bond acceptors (Lipinski definition) is 4. The Morgan fingerprint density at radius 1 is 1.24 bits per heavy atom. The number of aliphatic imine (C=N–C) groups is 1. The number of nitrogens with one attached hydrogen (secondary N) is 2. The third-order valence-corrected chi connectivity index (χ3v) is 7.25. The number of piperidine rings is 1. The molecule has 0 bridgehead atoms. The lowest BCUT2D eigenvalue weighted by Crippen LogP contribution is -2.41. The van der Waals surface area contributed by atoms with Gasteiger partial charge in [0, 0.05) is 25.3 Å². The van der Waals surface area contributed by atoms with Crippen LogP contribution in [0.1, 0.15) is 30.9 Å². The predicted octanol–water partition coefficient (Wildman–Crippen LogP) is 6.81. The minimum Gasteiger partial charge on any atom is -0.370 e. The molecule has 13 heteroatoms. The van der Waals surface area contributed by atoms with E-state index in [1.165, 1.54) is 0 Å². The second-order valence-electron chi connectivity index (χ2n) is 9.12. The zero-order chi connectivity index (χ0) is 28.2. The summed E-state index contributed by atoms with van der Waals surface area (Å²) in [5.41, 5.74) is 8.06. The van der Waals surface area contributed by atoms with E-state index in [-0.39, 0.29) is 35.2 Å². The first-order valence-corrected chi connectivity index (χ1v) is 13.0. The maximum atomic E-state index is 13.3. The van der Waals surface area contributed by atoms with Crippen LogP contribution in [0.4, 0.5) is 34.6 Å². The van der Waals surface area contributed by atoms with E-state index < -0.39 is 30.7 Å². The highest BCUT2D eigenvalue weighted by molar-refractivity contribution is 6.39. The molecule has 1 aliphatic rings. The van der Waals surface area contributed by atoms with Crippen molar-refractivity contribution in [3.8, 4) is 0 Å². The average molecular weight is 597 g/mol. The van der Waals surface area contributed by atoms with Crippen molar-refractivity contribution in [2.75, 3.05) is 30.0 Å². The average Bonchev–Trinajstić information content (AvgIpc) is 2.86. The Morgan fingerprint density at radius 2 is 1.95 bits per heavy atom. The molecule has 1 heterocycles. The molecule has 0 aromatic heterocycles. The van der Waals surface area contributed by atoms with E-state index in [4.69, 9.17) is 40.5 Å². The number of amides is 1. The number of nitrogens with two attached hydrogens (primary N) is 1. The van der Waals surface area contributed by atoms with Gasteiger partial charge < -0.3 is 21.3 Å². The number of alkyl halides is 4. The first kappa shape index (κ1) is 30.3. The van der Waals surface area contributed by atoms with Gasteiger partial charge in [0.05, 0.1) is 26.7 Å². The molecular formula is C25H28Cl3F4N5O. The number of anilines is 2. The van der Waals surface area contributed by atoms with E-state index in [9.17, 15) is 22.4 Å². The van der Waals surface area contributed by atoms with Gasteiger partial charge >= 0.3 is 6.18 Å². The van der Waals surface area contributed by atoms with Gasteiger partial charge in [-0.2, -0.15) is 13.2 Å². The van der Waals surface area contributed by atoms with Crippen LogP contribution in [0.15, 0.2) is 29.3 Å². The van der Waals surface area contributed by atoms with Crippen LogP contribution < -0.4 is 21.3 Å². The van der Waals surface area contributed by atoms with Crippen molar-refractivity contribution >= 4 is 63.6 Å². The standard InChI is InChI=1S/C25H28Cl3F4N5O/c1-13-8-21(37-7-3-4-16(12-37)25(30,31)32)18(27)9-20(13)35-14(2)36-23-17(26)6-5-15(22(23)28)11-34-24(38)19(33)10-29/h5-6,8-9,16,19H,3-4,7,10-12,33H2,1-2H3,(H,34,38)(H,35,36). The van der Waals surface area contributed by atoms with Crippen molar-refractivity contribution in [1.82, 2.24) is 5.32 Å². The Labute approximate surface area is 233 Å². The van der Waals surface area contributed by atoms with Gasteiger partial charge in [-0.05, 0) is 56.0 Å². The number of amidine groups is 1. The second kappa shape index (κ2) is 12.7. The van der Waals surface area contributed by atoms with Gasteiger partial charge in [0.1, 0.15) is 24.2 Å². The Bertz CT molecular complexity index is 1210. The molecule has 38 heavy (non-hydrogen) atoms. The number of carbonyl (C=O) groups excluding carboxylic acids is 1. The summed E-state index contributed by atoms with van der Waals surface area (Å²) in [6.07, 6.45) is -3.71. The van der Waals surface area contributed by atoms with Gasteiger partial charge in [0.2, 0.25) is 5.91 Å². The Hall–Kier alpha value is -2.27. The molecule has 0 spiro atoms. The largest absolute Gasteiger partial charge is 0.393 e. The first-order chi connectivity index (χ1) is 17.8. The number of rotatable bonds is 7. The van der Waals surface area contributed by atoms with Crippen LogP contribution >= 0.6 is 34.8 Å². The van der Waals surface area contributed by atoms with Crippen molar-refractivity contribution < 1.29 is 22.4 Å². The zero-order valence-corrected chi connectivity index (χ0v) is 23.0. The molecule has 208 valence electrons. The van der Waals surface area contributed by atoms with E-state index in [0.29, 0.717) is 40.8 Å². The van der Waals surface area contributed by atoms with Crippen molar-refractivity contribution in [1.29, 1.82) is 0 Å². The number of nitrogens with zero attached hydrogens (tertiary/aromatic N) is 2. The molecule has 1 fully saturated rings. The van der Waals surface area contributed by atoms with E-state index in [2.05, 4.69) is 15.6 Å². The lowest BCUT2D eigenvalue weighted by Gasteiger charge is -2.36. The molecule has 1 amide bonds. The highest BCUT2D eigenvalue weighted by atomic mass is 35.5. The summed E-state index contributed by atoms with van der Waals surface area (Å²) in [7, 11) is 0. The topological polar surface area (TPSA) is 82.8 Å². The molecule has 1 saturated heterocycles. The summed E-state index contributed by atoms with van der Waals surface area (Å²) >= 11 is 19.3. The fourth-order valence-electron chi connectivity index (χ4n) is 4.10. The second-order valence-corrected chi connectivity index (χ2v) is 10.3. The minimum absolute atomic E-state index is 0.000589. The van der Waals surface area contributed by atoms with Gasteiger partial charge in [-0.1, -0.05) is 40.9 Å². The smallest absolute Gasteiger partial charge is 0.370 e. The van der Waals surface area contributed by atoms with Crippen LogP contribution in [0.2, 0.25) is 15.1 Å². The van der Waals surface area contributed by atoms with Crippen molar-refractivity contribution in [3.63, 3.8) is 0 Å². The van der Waals surface area contributed by atoms with Crippen molar-refractivity contribution in [2.45, 2.75) is 45.5 Å². The molecule has 0 aliphatic carbocycles. The van der Waals surface area contributed by atoms with Crippen molar-refractivity contribution in [2.24, 2.45) is 16.6 Å². The summed E-state index contributed by atoms with van der Waals surface area (Å²) in [5.74, 6) is -1.63. The van der Waals surface area contributed by atoms with Crippen LogP contribution in [0.5, 0.6) is 0 Å². The molecule has 3 rings (SSSR count). The van der Waals surface area contributed by atoms with Crippen LogP contribution in [0.3, 0.4) is 0 Å². The van der Waals surface area contributed by atoms with Crippen LogP contribution in [0.25, 0.3) is 0 Å². The van der Waals surface area contributed by atoms with Gasteiger partial charge in [0.25, 0.3) is 0 Å². The molecule has 4 N–H and O–H groups in total. The maximum absolute atomic E-state index is 13.3. The van der Waals surface area contributed by atoms with E-state index in [0.717, 1.165) is 5.56 Å². The minimum atomic E-state index is -4.25. The quantitative estimate of drug-likeness (QED) is 0.186. The molecular weight excluding hydrogens is 569 g/mol. The Balaban J connectivity index is 1.78. The fourth-order valence-corrected chi connectivity index (χ4v) is 4.91. The zero-order valence-electron chi connectivity index (χ0n) is 20.7. The molecule has 1 aliphatic heterocycles. The maximum Gasteiger partial charge on any atom is 0.393 e. The van der Waals surface area contributed by atoms with Crippen molar-refractivity contribution in [3.05, 3.63) is 50.5 Å². The number of hydrogen-bond donors (Lipinski definition) is 3. The highest BCUT2D eigenvalue weighted by Gasteiger charge is 2.42. The van der Waals surface area contributed by atoms with Gasteiger partial charge in [-0.25, -0.2) is 9.38 Å². The lowest BCUT2D eigenvalue weighted by molar-refractivity contribution is -0.176. The summed E-state index contributed by atoms with van der Waals surface area (Å²) in [5, 5.41) is 6.42. The van der Waals surface area contributed by atoms with Crippen LogP contribution in [0, 0.1) is 12.8 Å². The molecule has 0 saturated carbocycles. The summed E-state index contributed by atoms with van der Waals surface area (Å²) in [4.78, 5) is 17.9. The molecule has 2 aromatic carbocycles. The van der Waals surface area contributed by atoms with E-state index in [1.54, 1.807) is 36.1 Å². The van der Waals surface area contributed by atoms with Gasteiger partial charge in [-0.15, -0.1) is 0 Å². The highest BCUT2D eigenvalue weighted by Crippen LogP contribution is 2.39. The summed E-state index contributed by atoms with van der Waals surface area (Å²) in [6, 6.07) is 5.31. The Kier molecular flexibility index (Phi) is 10.1. The molecule has 6 nitrogen and oxygen atoms in total. The third-order valence-electron chi connectivity index (χ3n) is 6.22. The van der Waals surface area contributed by atoms with Crippen LogP contribution in [-0.4, -0.2) is 43.7 Å². The Morgan fingerprint density at radius 3 is 2.61 bits per heavy atom. The predicted molar refractivity (Wildman–Crippen MR) is 146 cm³/mol. The van der Waals surface area contributed by atoms with Gasteiger partial charge in [0.15, 0.2) is 0 Å². The molecule has 2 unspecified atom stereocenters. The van der Waals surface area contributed by atoms with Gasteiger partial charge in [-0.3, -0.25) is 4.79 Å². The molecule has 2 aromatic rings. The molecule has 0 radical (unpaired) electrons. The summed E-state index contributed by atoms with van der Waals surface area (Å²) in [6.45, 7) is 2.86. The van der Waals surface area contributed by atoms with E-state index >= 15 is 0 Å². The normalized spacial score (nSPS) is 17.4. The number of aryl methyl sites for hydroxylation is 1. The number of halogens is 7. The number of carbonyl (C=O) groups is 1. The monoisotopic (exact) mass is 595 g/mol. The number of benzene rings is 2. The SMILES string of the molecule is CC(=Nc1c(Cl)ccc(CNC(=O)C(N)CF)c1Cl)Nc1cc(Cl)c(N2CCCC(C(F)(F)F)C2)cc1C. The molecule has 2 atom stereocenters. The van der Waals surface area contributed by atoms with E-state index in [1.807, 2.05) is 6.92 Å². The third kappa shape index (κ3) is 7.43. The summed E-state index contributed by atoms with van der Waals surface area (Å²) < 4.78 is 52.4.